The van der Waals surface area contributed by atoms with E-state index in [9.17, 15) is 81.6 Å². The Morgan fingerprint density at radius 2 is 0.645 bits per heavy atom. The summed E-state index contributed by atoms with van der Waals surface area (Å²) in [6.45, 7) is 12.8. The molecule has 4 aromatic rings. The molecule has 4 aromatic carbocycles. The molecule has 12 rings (SSSR count). The van der Waals surface area contributed by atoms with Crippen molar-refractivity contribution in [1.82, 2.24) is 51.9 Å². The van der Waals surface area contributed by atoms with E-state index in [2.05, 4.69) is 26.6 Å². The average molecular weight is 2010 g/mol. The van der Waals surface area contributed by atoms with Crippen LogP contribution in [0.4, 0.5) is 51.5 Å². The zero-order valence-electron chi connectivity index (χ0n) is 80.2. The van der Waals surface area contributed by atoms with E-state index >= 15 is 9.59 Å². The Hall–Kier alpha value is -10.9. The smallest absolute Gasteiger partial charge is 0.412 e. The van der Waals surface area contributed by atoms with Gasteiger partial charge in [-0.15, -0.1) is 0 Å². The number of para-hydroxylation sites is 4. The Bertz CT molecular complexity index is 5190. The number of fused-ring (bicyclic) bond motifs is 4. The van der Waals surface area contributed by atoms with E-state index in [1.54, 1.807) is 163 Å². The number of unbranched alkanes of at least 4 members (excludes halogenated alkanes) is 2. The molecule has 8 heterocycles. The van der Waals surface area contributed by atoms with Crippen LogP contribution in [0.2, 0.25) is 0 Å². The Kier molecular flexibility index (Phi) is 35.2. The number of rotatable bonds is 33. The maximum atomic E-state index is 15.2. The lowest BCUT2D eigenvalue weighted by Gasteiger charge is -2.33. The van der Waals surface area contributed by atoms with Gasteiger partial charge in [-0.25, -0.2) is 62.4 Å². The maximum absolute atomic E-state index is 15.2. The van der Waals surface area contributed by atoms with Gasteiger partial charge < -0.3 is 69.7 Å². The number of carbonyl (C=O) groups is 12. The number of likely N-dealkylation sites (tertiary alicyclic amines) is 4. The van der Waals surface area contributed by atoms with Crippen LogP contribution in [0.15, 0.2) is 121 Å². The Balaban J connectivity index is 0.000000283. The molecule has 0 bridgehead atoms. The summed E-state index contributed by atoms with van der Waals surface area (Å²) in [6, 6.07) is 22.6. The van der Waals surface area contributed by atoms with Gasteiger partial charge in [-0.05, 0) is 155 Å². The van der Waals surface area contributed by atoms with Crippen molar-refractivity contribution in [2.45, 2.75) is 253 Å². The summed E-state index contributed by atoms with van der Waals surface area (Å²) < 4.78 is 143. The molecule has 0 radical (unpaired) electrons. The highest BCUT2D eigenvalue weighted by Crippen LogP contribution is 2.42. The van der Waals surface area contributed by atoms with Gasteiger partial charge in [0.05, 0.1) is 118 Å². The first-order chi connectivity index (χ1) is 64.7. The summed E-state index contributed by atoms with van der Waals surface area (Å²) in [5, 5.41) is 13.3. The number of ketones is 1. The molecular formula is C91H131N17O26S4. The number of nitrogens with zero attached hydrogens (tertiary/aromatic N) is 10. The molecule has 0 aliphatic carbocycles. The fraction of sp³-hybridized carbons (Fsp3) is 0.604. The van der Waals surface area contributed by atoms with Crippen molar-refractivity contribution in [1.29, 1.82) is 0 Å². The highest BCUT2D eigenvalue weighted by atomic mass is 32.2. The third-order valence-corrected chi connectivity index (χ3v) is 31.2. The molecule has 760 valence electrons. The number of nitrogens with one attached hydrogen (secondary N) is 5. The average Bonchev–Trinajstić information content (AvgIpc) is 2.04. The number of carbonyl (C=O) groups excluding carboxylic acids is 12. The van der Waals surface area contributed by atoms with Crippen LogP contribution in [-0.4, -0.2) is 358 Å². The molecule has 0 aromatic heterocycles. The molecule has 47 heteroatoms. The van der Waals surface area contributed by atoms with Crippen LogP contribution in [0.3, 0.4) is 0 Å². The highest BCUT2D eigenvalue weighted by molar-refractivity contribution is 7.89. The van der Waals surface area contributed by atoms with Gasteiger partial charge in [0.25, 0.3) is 0 Å². The van der Waals surface area contributed by atoms with Crippen LogP contribution in [0.25, 0.3) is 0 Å². The predicted octanol–water partition coefficient (Wildman–Crippen LogP) is 5.77. The van der Waals surface area contributed by atoms with Crippen molar-refractivity contribution >= 4 is 135 Å². The highest BCUT2D eigenvalue weighted by Gasteiger charge is 2.60. The van der Waals surface area contributed by atoms with E-state index in [4.69, 9.17) is 39.9 Å². The number of likely N-dealkylation sites (N-methyl/N-ethyl adjacent to an activating group) is 2. The van der Waals surface area contributed by atoms with Crippen molar-refractivity contribution in [2.24, 2.45) is 17.4 Å². The Morgan fingerprint density at radius 3 is 0.928 bits per heavy atom. The third-order valence-electron chi connectivity index (χ3n) is 26.1. The molecular weight excluding hydrogens is 1880 g/mol. The number of ether oxygens (including phenoxy) is 6. The molecule has 11 amide bonds. The Morgan fingerprint density at radius 1 is 0.384 bits per heavy atom. The summed E-state index contributed by atoms with van der Waals surface area (Å²) in [7, 11) is -12.3. The number of Topliss-reactive ketones (excluding diaryl/α,β-unsaturated/α-hetero) is 1. The van der Waals surface area contributed by atoms with E-state index in [0.717, 1.165) is 34.8 Å². The molecule has 0 saturated carbocycles. The number of anilines is 4. The second kappa shape index (κ2) is 45.1. The van der Waals surface area contributed by atoms with E-state index in [1.807, 2.05) is 0 Å². The summed E-state index contributed by atoms with van der Waals surface area (Å²) in [5.74, 6) is -4.30. The molecule has 18 atom stereocenters. The van der Waals surface area contributed by atoms with Gasteiger partial charge in [-0.1, -0.05) is 98.5 Å². The van der Waals surface area contributed by atoms with Crippen LogP contribution in [0, 0.1) is 5.92 Å². The fourth-order valence-corrected chi connectivity index (χ4v) is 23.9. The first-order valence-corrected chi connectivity index (χ1v) is 53.5. The van der Waals surface area contributed by atoms with E-state index < -0.39 is 238 Å². The fourth-order valence-electron chi connectivity index (χ4n) is 19.4. The molecule has 0 unspecified atom stereocenters. The van der Waals surface area contributed by atoms with Crippen molar-refractivity contribution in [3.63, 3.8) is 0 Å². The van der Waals surface area contributed by atoms with E-state index in [1.165, 1.54) is 64.8 Å². The van der Waals surface area contributed by atoms with Gasteiger partial charge in [0.15, 0.2) is 5.78 Å². The minimum Gasteiger partial charge on any atom is -0.444 e. The van der Waals surface area contributed by atoms with Crippen molar-refractivity contribution < 1.29 is 120 Å². The van der Waals surface area contributed by atoms with E-state index in [-0.39, 0.29) is 104 Å². The van der Waals surface area contributed by atoms with Gasteiger partial charge in [-0.2, -0.15) is 17.2 Å². The Labute approximate surface area is 806 Å². The first-order valence-electron chi connectivity index (χ1n) is 46.1. The lowest BCUT2D eigenvalue weighted by atomic mass is 9.91. The third kappa shape index (κ3) is 27.4. The summed E-state index contributed by atoms with van der Waals surface area (Å²) >= 11 is 0. The molecule has 43 nitrogen and oxygen atoms in total. The minimum absolute atomic E-state index is 0.00789. The number of nitrogens with two attached hydrogens (primary N) is 2. The number of hydrogen-bond acceptors (Lipinski definition) is 28. The predicted molar refractivity (Wildman–Crippen MR) is 508 cm³/mol. The summed E-state index contributed by atoms with van der Waals surface area (Å²) in [4.78, 5) is 173. The largest absolute Gasteiger partial charge is 0.444 e. The second-order valence-corrected chi connectivity index (χ2v) is 46.1. The van der Waals surface area contributed by atoms with Crippen molar-refractivity contribution in [3.8, 4) is 0 Å². The number of benzene rings is 4. The lowest BCUT2D eigenvalue weighted by molar-refractivity contribution is -0.141. The van der Waals surface area contributed by atoms with Gasteiger partial charge in [0.2, 0.25) is 69.6 Å². The maximum Gasteiger partial charge on any atom is 0.412 e. The van der Waals surface area contributed by atoms with Gasteiger partial charge in [0, 0.05) is 75.4 Å². The topological polar surface area (TPSA) is 541 Å². The molecule has 0 spiro atoms. The molecule has 8 aliphatic heterocycles. The zero-order valence-corrected chi connectivity index (χ0v) is 83.4. The number of hydrogen-bond donors (Lipinski definition) is 7. The summed E-state index contributed by atoms with van der Waals surface area (Å²) in [6.07, 6.45) is -2.43. The van der Waals surface area contributed by atoms with Gasteiger partial charge in [0.1, 0.15) is 47.7 Å². The SMILES string of the molecule is CS(=O)(=O)N1C[C@H](OC(=O)Nc2ccccc2)[C@@H]2[C@H]1CCN2C(=O)[C@@H](N)CCCC[C@H](N)C(=O)N1CC[C@@H]2[C@H]1[C@@H](OC(=O)Nc1ccccc1)CN2S(C)(=O)=O.C[C@@H](C(=O)C[C@@H](CCCC[C@H](NC(=O)[C@H](C)N(C)C(=O)OC(C)(C)C)C(=O)N1CC[C@@H]2[C@H]1[C@@H](OC(=O)Nc1ccccc1)CN2S(C)(=O)=O)C(=O)N1CC[C@@H]2[C@H]1[C@@H](OC(=O)Nc1ccccc1)CN2S(C)(=O)=O)N(C)C(=O)OC(C)(C)C. The normalized spacial score (nSPS) is 24.1. The number of sulfonamides is 4. The summed E-state index contributed by atoms with van der Waals surface area (Å²) in [5.41, 5.74) is 12.8. The number of amides is 11. The standard InChI is InChI=1S/C55H81N9O16S2.C36H50N8O10S2/c1-34(59(9)52(71)79-54(3,4)5)42(65)31-36(48(67)61-29-27-40-45(61)43(32-63(40)81(11,73)74)77-50(69)56-37-22-15-13-16-23-37)21-19-20-26-39(58-47(66)35(2)60(10)53(72)80-55(6,7)8)49(68)62-30-28-41-46(62)44(33-64(41)82(12,75)76)78-51(70)57-38-24-17-14-18-25-38;1-55(49,50)43-21-29(53-35(47)39-23-11-5-3-6-12-23)31-27(43)17-19-41(31)33(45)25(37)15-9-10-16-26(38)34(46)42-20-18-28-32(42)30(22-44(28)56(2,51)52)54-36(48)40-24-13-7-4-8-14-24/h13-18,22-25,34-36,39-41,43-46H,19-21,26-33H2,1-12H3,(H,56,69)(H,57,70)(H,58,66);3-8,11-14,25-32H,9-10,15-22,37-38H2,1-2H3,(H,39,47)(H,40,48)/t34-,35-,36+,39-,40+,41+,43-,44-,45-,46-;25-,26-,27+,28+,29-,30-,31-,32-/m00/s1. The molecule has 9 N–H and O–H groups in total. The lowest BCUT2D eigenvalue weighted by Crippen LogP contribution is -2.56. The van der Waals surface area contributed by atoms with Crippen LogP contribution >= 0.6 is 0 Å². The van der Waals surface area contributed by atoms with Crippen molar-refractivity contribution in [2.75, 3.05) is 113 Å². The van der Waals surface area contributed by atoms with Crippen LogP contribution < -0.4 is 38.1 Å². The van der Waals surface area contributed by atoms with Crippen LogP contribution in [0.1, 0.15) is 139 Å². The quantitative estimate of drug-likeness (QED) is 0.0220. The molecule has 8 saturated heterocycles. The monoisotopic (exact) mass is 2010 g/mol. The van der Waals surface area contributed by atoms with Gasteiger partial charge >= 0.3 is 36.6 Å². The van der Waals surface area contributed by atoms with Crippen LogP contribution in [0.5, 0.6) is 0 Å². The van der Waals surface area contributed by atoms with Crippen molar-refractivity contribution in [3.05, 3.63) is 121 Å². The molecule has 8 aliphatic rings. The first kappa shape index (κ1) is 108. The zero-order chi connectivity index (χ0) is 101. The van der Waals surface area contributed by atoms with Crippen LogP contribution in [-0.2, 0) is 97.3 Å². The second-order valence-electron chi connectivity index (χ2n) is 38.3. The van der Waals surface area contributed by atoms with E-state index in [0.29, 0.717) is 48.4 Å². The minimum atomic E-state index is -3.89. The molecule has 138 heavy (non-hydrogen) atoms. The van der Waals surface area contributed by atoms with Gasteiger partial charge in [-0.3, -0.25) is 54.9 Å². The molecule has 8 fully saturated rings.